The van der Waals surface area contributed by atoms with Crippen molar-refractivity contribution in [3.05, 3.63) is 58.0 Å². The molecule has 3 rings (SSSR count). The lowest BCUT2D eigenvalue weighted by molar-refractivity contribution is -0.132. The van der Waals surface area contributed by atoms with E-state index in [2.05, 4.69) is 5.32 Å². The molecule has 0 aliphatic carbocycles. The minimum atomic E-state index is -0.556. The molecule has 3 amide bonds. The van der Waals surface area contributed by atoms with Crippen LogP contribution in [0.2, 0.25) is 0 Å². The van der Waals surface area contributed by atoms with Gasteiger partial charge in [0.25, 0.3) is 11.1 Å². The fourth-order valence-corrected chi connectivity index (χ4v) is 3.97. The average Bonchev–Trinajstić information content (AvgIpc) is 2.99. The van der Waals surface area contributed by atoms with Crippen molar-refractivity contribution in [3.63, 3.8) is 0 Å². The van der Waals surface area contributed by atoms with E-state index in [1.807, 2.05) is 32.0 Å². The number of ether oxygens (including phenoxy) is 2. The number of carbonyl (C=O) groups is 4. The number of nitrogens with zero attached hydrogens (tertiary/aromatic N) is 1. The minimum Gasteiger partial charge on any atom is -0.493 e. The van der Waals surface area contributed by atoms with Gasteiger partial charge in [-0.05, 0) is 60.5 Å². The number of para-hydroxylation sites is 1. The van der Waals surface area contributed by atoms with Gasteiger partial charge in [0, 0.05) is 12.6 Å². The molecule has 9 heteroatoms. The number of anilines is 1. The largest absolute Gasteiger partial charge is 0.493 e. The smallest absolute Gasteiger partial charge is 0.308 e. The lowest BCUT2D eigenvalue weighted by atomic mass is 10.1. The van der Waals surface area contributed by atoms with Crippen LogP contribution in [0.3, 0.4) is 0 Å². The zero-order valence-electron chi connectivity index (χ0n) is 18.1. The molecule has 0 radical (unpaired) electrons. The monoisotopic (exact) mass is 454 g/mol. The average molecular weight is 455 g/mol. The molecular formula is C23H22N2O6S. The molecule has 0 unspecified atom stereocenters. The summed E-state index contributed by atoms with van der Waals surface area (Å²) in [6.45, 7) is 4.63. The van der Waals surface area contributed by atoms with E-state index in [9.17, 15) is 19.2 Å². The van der Waals surface area contributed by atoms with Crippen molar-refractivity contribution in [1.29, 1.82) is 0 Å². The Morgan fingerprint density at radius 2 is 1.78 bits per heavy atom. The number of hydrogen-bond donors (Lipinski definition) is 1. The van der Waals surface area contributed by atoms with E-state index in [1.54, 1.807) is 12.1 Å². The first-order chi connectivity index (χ1) is 15.2. The quantitative estimate of drug-likeness (QED) is 0.401. The van der Waals surface area contributed by atoms with Crippen LogP contribution in [0.25, 0.3) is 6.08 Å². The number of thioether (sulfide) groups is 1. The van der Waals surface area contributed by atoms with Crippen molar-refractivity contribution in [2.45, 2.75) is 20.8 Å². The molecule has 0 aromatic heterocycles. The first-order valence-corrected chi connectivity index (χ1v) is 10.5. The third kappa shape index (κ3) is 5.17. The van der Waals surface area contributed by atoms with Crippen molar-refractivity contribution in [2.24, 2.45) is 0 Å². The Morgan fingerprint density at radius 1 is 1.09 bits per heavy atom. The van der Waals surface area contributed by atoms with Gasteiger partial charge < -0.3 is 14.8 Å². The maximum absolute atomic E-state index is 12.7. The van der Waals surface area contributed by atoms with Crippen LogP contribution in [0.5, 0.6) is 11.5 Å². The molecule has 2 aromatic carbocycles. The van der Waals surface area contributed by atoms with E-state index < -0.39 is 23.0 Å². The van der Waals surface area contributed by atoms with Crippen LogP contribution >= 0.6 is 11.8 Å². The van der Waals surface area contributed by atoms with Gasteiger partial charge in [-0.2, -0.15) is 0 Å². The highest BCUT2D eigenvalue weighted by Crippen LogP contribution is 2.34. The summed E-state index contributed by atoms with van der Waals surface area (Å²) in [6, 6.07) is 10.4. The minimum absolute atomic E-state index is 0.178. The summed E-state index contributed by atoms with van der Waals surface area (Å²) in [4.78, 5) is 49.9. The Labute approximate surface area is 189 Å². The van der Waals surface area contributed by atoms with Gasteiger partial charge in [-0.3, -0.25) is 24.1 Å². The Bertz CT molecular complexity index is 1120. The Kier molecular flexibility index (Phi) is 6.99. The summed E-state index contributed by atoms with van der Waals surface area (Å²) in [7, 11) is 1.43. The molecule has 0 bridgehead atoms. The normalized spacial score (nSPS) is 14.6. The molecule has 1 saturated heterocycles. The second kappa shape index (κ2) is 9.69. The number of carbonyl (C=O) groups excluding carboxylic acids is 4. The Hall–Kier alpha value is -3.59. The van der Waals surface area contributed by atoms with Crippen LogP contribution < -0.4 is 14.8 Å². The Morgan fingerprint density at radius 3 is 2.41 bits per heavy atom. The van der Waals surface area contributed by atoms with Gasteiger partial charge in [-0.1, -0.05) is 24.3 Å². The van der Waals surface area contributed by atoms with Crippen LogP contribution in [0.15, 0.2) is 41.3 Å². The predicted molar refractivity (Wildman–Crippen MR) is 122 cm³/mol. The third-order valence-electron chi connectivity index (χ3n) is 4.66. The van der Waals surface area contributed by atoms with E-state index in [4.69, 9.17) is 9.47 Å². The zero-order chi connectivity index (χ0) is 23.4. The van der Waals surface area contributed by atoms with Crippen LogP contribution in [-0.2, 0) is 14.4 Å². The van der Waals surface area contributed by atoms with Gasteiger partial charge in [0.05, 0.1) is 12.0 Å². The number of benzene rings is 2. The van der Waals surface area contributed by atoms with Gasteiger partial charge in [-0.15, -0.1) is 0 Å². The number of imide groups is 1. The summed E-state index contributed by atoms with van der Waals surface area (Å²) in [5.41, 5.74) is 3.01. The molecular weight excluding hydrogens is 432 g/mol. The molecule has 32 heavy (non-hydrogen) atoms. The van der Waals surface area contributed by atoms with Crippen molar-refractivity contribution in [1.82, 2.24) is 4.90 Å². The van der Waals surface area contributed by atoms with Crippen molar-refractivity contribution < 1.29 is 28.7 Å². The van der Waals surface area contributed by atoms with Crippen LogP contribution in [0, 0.1) is 13.8 Å². The van der Waals surface area contributed by atoms with Crippen LogP contribution in [-0.4, -0.2) is 41.6 Å². The molecule has 1 fully saturated rings. The summed E-state index contributed by atoms with van der Waals surface area (Å²) in [5, 5.41) is 2.25. The van der Waals surface area contributed by atoms with Gasteiger partial charge in [0.2, 0.25) is 5.91 Å². The second-order valence-corrected chi connectivity index (χ2v) is 8.08. The van der Waals surface area contributed by atoms with Crippen molar-refractivity contribution in [3.8, 4) is 11.5 Å². The topological polar surface area (TPSA) is 102 Å². The predicted octanol–water partition coefficient (Wildman–Crippen LogP) is 3.91. The molecule has 0 spiro atoms. The summed E-state index contributed by atoms with van der Waals surface area (Å²) in [6.07, 6.45) is 1.52. The number of aryl methyl sites for hydroxylation is 2. The Balaban J connectivity index is 1.75. The van der Waals surface area contributed by atoms with Crippen LogP contribution in [0.4, 0.5) is 10.5 Å². The van der Waals surface area contributed by atoms with E-state index >= 15 is 0 Å². The molecule has 1 N–H and O–H groups in total. The number of esters is 1. The van der Waals surface area contributed by atoms with Crippen molar-refractivity contribution >= 4 is 46.5 Å². The fourth-order valence-electron chi connectivity index (χ4n) is 3.13. The highest BCUT2D eigenvalue weighted by Gasteiger charge is 2.36. The highest BCUT2D eigenvalue weighted by molar-refractivity contribution is 8.18. The first-order valence-electron chi connectivity index (χ1n) is 9.67. The lowest BCUT2D eigenvalue weighted by Crippen LogP contribution is -2.36. The third-order valence-corrected chi connectivity index (χ3v) is 5.57. The van der Waals surface area contributed by atoms with E-state index in [0.29, 0.717) is 17.0 Å². The summed E-state index contributed by atoms with van der Waals surface area (Å²) >= 11 is 0.752. The fraction of sp³-hybridized carbons (Fsp3) is 0.217. The summed E-state index contributed by atoms with van der Waals surface area (Å²) in [5.74, 6) is -0.955. The maximum atomic E-state index is 12.7. The van der Waals surface area contributed by atoms with Gasteiger partial charge >= 0.3 is 5.97 Å². The van der Waals surface area contributed by atoms with Gasteiger partial charge in [-0.25, -0.2) is 0 Å². The summed E-state index contributed by atoms with van der Waals surface area (Å²) < 4.78 is 10.3. The molecule has 2 aromatic rings. The maximum Gasteiger partial charge on any atom is 0.308 e. The molecule has 8 nitrogen and oxygen atoms in total. The van der Waals surface area contributed by atoms with E-state index in [0.717, 1.165) is 27.8 Å². The highest BCUT2D eigenvalue weighted by atomic mass is 32.2. The van der Waals surface area contributed by atoms with Gasteiger partial charge in [0.15, 0.2) is 11.5 Å². The van der Waals surface area contributed by atoms with E-state index in [-0.39, 0.29) is 17.2 Å². The number of methoxy groups -OCH3 is 1. The van der Waals surface area contributed by atoms with Gasteiger partial charge in [0.1, 0.15) is 6.54 Å². The number of nitrogens with one attached hydrogen (secondary N) is 1. The van der Waals surface area contributed by atoms with Crippen molar-refractivity contribution in [2.75, 3.05) is 19.0 Å². The molecule has 166 valence electrons. The van der Waals surface area contributed by atoms with Crippen LogP contribution in [0.1, 0.15) is 23.6 Å². The molecule has 0 saturated carbocycles. The molecule has 1 aliphatic rings. The lowest BCUT2D eigenvalue weighted by Gasteiger charge is -2.15. The second-order valence-electron chi connectivity index (χ2n) is 7.09. The SMILES string of the molecule is COc1cc(/C=C2\SC(=O)N(CC(=O)Nc3c(C)cccc3C)C2=O)ccc1OC(C)=O. The van der Waals surface area contributed by atoms with E-state index in [1.165, 1.54) is 26.2 Å². The zero-order valence-corrected chi connectivity index (χ0v) is 18.9. The molecule has 1 aliphatic heterocycles. The molecule has 0 atom stereocenters. The first kappa shape index (κ1) is 23.1. The number of rotatable bonds is 6. The standard InChI is InChI=1S/C23H22N2O6S/c1-13-6-5-7-14(2)21(13)24-20(27)12-25-22(28)19(32-23(25)29)11-16-8-9-17(31-15(3)26)18(10-16)30-4/h5-11H,12H2,1-4H3,(H,24,27)/b19-11-. The number of hydrogen-bond acceptors (Lipinski definition) is 7. The number of amides is 3. The molecule has 1 heterocycles.